The molecule has 29 heavy (non-hydrogen) atoms. The van der Waals surface area contributed by atoms with Crippen LogP contribution in [-0.2, 0) is 4.79 Å². The average Bonchev–Trinajstić information content (AvgIpc) is 3.15. The number of nitrogens with one attached hydrogen (secondary N) is 3. The number of H-pyrrole nitrogens is 1. The Kier molecular flexibility index (Phi) is 5.28. The Balaban J connectivity index is 1.23. The minimum absolute atomic E-state index is 0.145. The van der Waals surface area contributed by atoms with Crippen molar-refractivity contribution in [2.75, 3.05) is 42.9 Å². The molecule has 1 aliphatic heterocycles. The number of halogens is 1. The SMILES string of the molecule is O=C(CNC(=O)N1CCN(c2ccc(F)cc2)CC1)Nc1nc2ccccc2[nH]1. The van der Waals surface area contributed by atoms with Crippen LogP contribution in [0.4, 0.5) is 20.8 Å². The number of carbonyl (C=O) groups is 2. The zero-order chi connectivity index (χ0) is 20.2. The number of amides is 3. The molecule has 1 aliphatic rings. The summed E-state index contributed by atoms with van der Waals surface area (Å²) in [6, 6.07) is 13.5. The van der Waals surface area contributed by atoms with Gasteiger partial charge in [0.1, 0.15) is 5.82 Å². The van der Waals surface area contributed by atoms with Crippen LogP contribution in [0.25, 0.3) is 11.0 Å². The number of benzene rings is 2. The molecular formula is C20H21FN6O2. The van der Waals surface area contributed by atoms with Crippen LogP contribution in [0.5, 0.6) is 0 Å². The lowest BCUT2D eigenvalue weighted by molar-refractivity contribution is -0.115. The summed E-state index contributed by atoms with van der Waals surface area (Å²) in [6.07, 6.45) is 0. The maximum absolute atomic E-state index is 13.0. The molecule has 0 unspecified atom stereocenters. The van der Waals surface area contributed by atoms with Gasteiger partial charge in [0.2, 0.25) is 11.9 Å². The number of nitrogens with zero attached hydrogens (tertiary/aromatic N) is 3. The van der Waals surface area contributed by atoms with E-state index in [4.69, 9.17) is 0 Å². The second kappa shape index (κ2) is 8.17. The Labute approximate surface area is 166 Å². The molecule has 2 heterocycles. The number of aromatic amines is 1. The van der Waals surface area contributed by atoms with Crippen molar-refractivity contribution in [3.63, 3.8) is 0 Å². The van der Waals surface area contributed by atoms with Gasteiger partial charge in [-0.1, -0.05) is 12.1 Å². The Morgan fingerprint density at radius 1 is 1.03 bits per heavy atom. The summed E-state index contributed by atoms with van der Waals surface area (Å²) in [5.74, 6) is -0.284. The zero-order valence-electron chi connectivity index (χ0n) is 15.7. The number of carbonyl (C=O) groups excluding carboxylic acids is 2. The number of hydrogen-bond donors (Lipinski definition) is 3. The van der Waals surface area contributed by atoms with Crippen molar-refractivity contribution in [3.05, 3.63) is 54.3 Å². The molecule has 4 rings (SSSR count). The minimum atomic E-state index is -0.359. The van der Waals surface area contributed by atoms with Crippen molar-refractivity contribution >= 4 is 34.6 Å². The summed E-state index contributed by atoms with van der Waals surface area (Å²) >= 11 is 0. The maximum Gasteiger partial charge on any atom is 0.317 e. The lowest BCUT2D eigenvalue weighted by Gasteiger charge is -2.36. The van der Waals surface area contributed by atoms with Gasteiger partial charge in [-0.25, -0.2) is 14.2 Å². The van der Waals surface area contributed by atoms with Crippen molar-refractivity contribution in [2.45, 2.75) is 0 Å². The van der Waals surface area contributed by atoms with E-state index in [1.54, 1.807) is 17.0 Å². The first-order valence-electron chi connectivity index (χ1n) is 9.36. The normalized spacial score (nSPS) is 14.1. The highest BCUT2D eigenvalue weighted by atomic mass is 19.1. The highest BCUT2D eigenvalue weighted by Gasteiger charge is 2.21. The highest BCUT2D eigenvalue weighted by Crippen LogP contribution is 2.17. The number of imidazole rings is 1. The minimum Gasteiger partial charge on any atom is -0.368 e. The van der Waals surface area contributed by atoms with Gasteiger partial charge in [-0.05, 0) is 36.4 Å². The van der Waals surface area contributed by atoms with E-state index in [1.807, 2.05) is 24.3 Å². The number of urea groups is 1. The third-order valence-electron chi connectivity index (χ3n) is 4.81. The van der Waals surface area contributed by atoms with Crippen LogP contribution in [0, 0.1) is 5.82 Å². The largest absolute Gasteiger partial charge is 0.368 e. The first-order chi connectivity index (χ1) is 14.1. The van der Waals surface area contributed by atoms with Crippen LogP contribution in [0.2, 0.25) is 0 Å². The molecule has 0 atom stereocenters. The fourth-order valence-electron chi connectivity index (χ4n) is 3.28. The number of anilines is 2. The Hall–Kier alpha value is -3.62. The number of para-hydroxylation sites is 2. The van der Waals surface area contributed by atoms with E-state index >= 15 is 0 Å². The first kappa shape index (κ1) is 18.7. The van der Waals surface area contributed by atoms with Crippen LogP contribution in [-0.4, -0.2) is 59.5 Å². The van der Waals surface area contributed by atoms with Gasteiger partial charge in [0.15, 0.2) is 0 Å². The number of aromatic nitrogens is 2. The van der Waals surface area contributed by atoms with Crippen molar-refractivity contribution in [2.24, 2.45) is 0 Å². The average molecular weight is 396 g/mol. The zero-order valence-corrected chi connectivity index (χ0v) is 15.7. The van der Waals surface area contributed by atoms with E-state index in [2.05, 4.69) is 25.5 Å². The first-order valence-corrected chi connectivity index (χ1v) is 9.36. The van der Waals surface area contributed by atoms with E-state index < -0.39 is 0 Å². The van der Waals surface area contributed by atoms with E-state index in [0.717, 1.165) is 16.7 Å². The van der Waals surface area contributed by atoms with Crippen molar-refractivity contribution < 1.29 is 14.0 Å². The summed E-state index contributed by atoms with van der Waals surface area (Å²) in [7, 11) is 0. The quantitative estimate of drug-likeness (QED) is 0.630. The molecule has 8 nitrogen and oxygen atoms in total. The van der Waals surface area contributed by atoms with Gasteiger partial charge in [-0.3, -0.25) is 10.1 Å². The second-order valence-corrected chi connectivity index (χ2v) is 6.76. The molecule has 2 aromatic carbocycles. The van der Waals surface area contributed by atoms with Gasteiger partial charge in [0.25, 0.3) is 0 Å². The third-order valence-corrected chi connectivity index (χ3v) is 4.81. The van der Waals surface area contributed by atoms with Gasteiger partial charge >= 0.3 is 6.03 Å². The van der Waals surface area contributed by atoms with Crippen LogP contribution in [0.1, 0.15) is 0 Å². The fourth-order valence-corrected chi connectivity index (χ4v) is 3.28. The summed E-state index contributed by atoms with van der Waals surface area (Å²) in [6.45, 7) is 2.19. The molecule has 0 aliphatic carbocycles. The van der Waals surface area contributed by atoms with Crippen LogP contribution < -0.4 is 15.5 Å². The standard InChI is InChI=1S/C20H21FN6O2/c21-14-5-7-15(8-6-14)26-9-11-27(12-10-26)20(29)22-13-18(28)25-19-23-16-3-1-2-4-17(16)24-19/h1-8H,9-13H2,(H,22,29)(H2,23,24,25,28). The molecule has 0 spiro atoms. The molecule has 150 valence electrons. The molecule has 9 heteroatoms. The van der Waals surface area contributed by atoms with Crippen molar-refractivity contribution in [1.82, 2.24) is 20.2 Å². The predicted molar refractivity (Wildman–Crippen MR) is 108 cm³/mol. The molecule has 0 bridgehead atoms. The molecular weight excluding hydrogens is 375 g/mol. The van der Waals surface area contributed by atoms with Crippen LogP contribution in [0.15, 0.2) is 48.5 Å². The van der Waals surface area contributed by atoms with E-state index in [0.29, 0.717) is 32.1 Å². The molecule has 1 saturated heterocycles. The summed E-state index contributed by atoms with van der Waals surface area (Å²) in [4.78, 5) is 35.5. The van der Waals surface area contributed by atoms with Gasteiger partial charge in [-0.15, -0.1) is 0 Å². The maximum atomic E-state index is 13.0. The number of fused-ring (bicyclic) bond motifs is 1. The van der Waals surface area contributed by atoms with Gasteiger partial charge in [0, 0.05) is 31.9 Å². The lowest BCUT2D eigenvalue weighted by atomic mass is 10.2. The molecule has 3 amide bonds. The highest BCUT2D eigenvalue weighted by molar-refractivity contribution is 5.94. The topological polar surface area (TPSA) is 93.4 Å². The molecule has 3 N–H and O–H groups in total. The predicted octanol–water partition coefficient (Wildman–Crippen LogP) is 2.17. The fraction of sp³-hybridized carbons (Fsp3) is 0.250. The number of hydrogen-bond acceptors (Lipinski definition) is 4. The van der Waals surface area contributed by atoms with Crippen LogP contribution >= 0.6 is 0 Å². The Morgan fingerprint density at radius 2 is 1.76 bits per heavy atom. The summed E-state index contributed by atoms with van der Waals surface area (Å²) < 4.78 is 13.0. The van der Waals surface area contributed by atoms with Crippen molar-refractivity contribution in [3.8, 4) is 0 Å². The second-order valence-electron chi connectivity index (χ2n) is 6.76. The van der Waals surface area contributed by atoms with E-state index in [-0.39, 0.29) is 24.3 Å². The smallest absolute Gasteiger partial charge is 0.317 e. The van der Waals surface area contributed by atoms with Gasteiger partial charge in [-0.2, -0.15) is 0 Å². The van der Waals surface area contributed by atoms with Gasteiger partial charge < -0.3 is 20.1 Å². The number of rotatable bonds is 4. The monoisotopic (exact) mass is 396 g/mol. The molecule has 0 radical (unpaired) electrons. The Morgan fingerprint density at radius 3 is 2.48 bits per heavy atom. The molecule has 1 aromatic heterocycles. The van der Waals surface area contributed by atoms with Gasteiger partial charge in [0.05, 0.1) is 17.6 Å². The third kappa shape index (κ3) is 4.45. The summed E-state index contributed by atoms with van der Waals surface area (Å²) in [5, 5.41) is 5.28. The summed E-state index contributed by atoms with van der Waals surface area (Å²) in [5.41, 5.74) is 2.51. The van der Waals surface area contributed by atoms with Crippen molar-refractivity contribution in [1.29, 1.82) is 0 Å². The van der Waals surface area contributed by atoms with E-state index in [9.17, 15) is 14.0 Å². The molecule has 0 saturated carbocycles. The molecule has 3 aromatic rings. The van der Waals surface area contributed by atoms with E-state index in [1.165, 1.54) is 12.1 Å². The number of piperazine rings is 1. The Bertz CT molecular complexity index is 978. The van der Waals surface area contributed by atoms with Crippen LogP contribution in [0.3, 0.4) is 0 Å². The molecule has 1 fully saturated rings. The lowest BCUT2D eigenvalue weighted by Crippen LogP contribution is -2.52.